The first-order valence-corrected chi connectivity index (χ1v) is 10.1. The number of methoxy groups -OCH3 is 1. The molecule has 25 heavy (non-hydrogen) atoms. The molecule has 0 aliphatic rings. The van der Waals surface area contributed by atoms with E-state index < -0.39 is 10.0 Å². The van der Waals surface area contributed by atoms with Gasteiger partial charge in [0, 0.05) is 24.1 Å². The number of carbonyl (C=O) groups excluding carboxylic acids is 1. The first-order chi connectivity index (χ1) is 11.8. The zero-order valence-electron chi connectivity index (χ0n) is 14.4. The van der Waals surface area contributed by atoms with Crippen molar-refractivity contribution in [3.63, 3.8) is 0 Å². The Bertz CT molecular complexity index is 817. The van der Waals surface area contributed by atoms with Gasteiger partial charge in [0.1, 0.15) is 0 Å². The molecule has 8 heteroatoms. The zero-order chi connectivity index (χ0) is 18.4. The molecule has 2 aromatic rings. The Hall–Kier alpha value is -1.74. The third-order valence-electron chi connectivity index (χ3n) is 3.68. The summed E-state index contributed by atoms with van der Waals surface area (Å²) in [6, 6.07) is 8.25. The molecule has 1 aromatic carbocycles. The van der Waals surface area contributed by atoms with E-state index in [0.29, 0.717) is 11.1 Å². The van der Waals surface area contributed by atoms with E-state index in [9.17, 15) is 13.2 Å². The smallest absolute Gasteiger partial charge is 0.252 e. The largest absolute Gasteiger partial charge is 0.383 e. The van der Waals surface area contributed by atoms with Gasteiger partial charge >= 0.3 is 0 Å². The average molecular weight is 383 g/mol. The van der Waals surface area contributed by atoms with Gasteiger partial charge in [0.05, 0.1) is 17.5 Å². The molecule has 1 heterocycles. The van der Waals surface area contributed by atoms with Crippen LogP contribution in [0.4, 0.5) is 0 Å². The maximum atomic E-state index is 12.6. The fourth-order valence-electron chi connectivity index (χ4n) is 2.26. The number of aryl methyl sites for hydroxylation is 1. The fourth-order valence-corrected chi connectivity index (χ4v) is 4.03. The van der Waals surface area contributed by atoms with Crippen LogP contribution >= 0.6 is 11.3 Å². The maximum absolute atomic E-state index is 12.6. The topological polar surface area (TPSA) is 84.5 Å². The van der Waals surface area contributed by atoms with Crippen molar-refractivity contribution in [3.05, 3.63) is 51.7 Å². The molecule has 136 valence electrons. The van der Waals surface area contributed by atoms with Crippen molar-refractivity contribution in [2.24, 2.45) is 0 Å². The first kappa shape index (κ1) is 19.6. The van der Waals surface area contributed by atoms with E-state index in [4.69, 9.17) is 4.74 Å². The van der Waals surface area contributed by atoms with E-state index in [0.717, 1.165) is 4.88 Å². The number of nitrogens with one attached hydrogen (secondary N) is 2. The summed E-state index contributed by atoms with van der Waals surface area (Å²) in [5, 5.41) is 4.85. The summed E-state index contributed by atoms with van der Waals surface area (Å²) in [7, 11) is -2.19. The molecule has 0 saturated carbocycles. The Labute approximate surface area is 152 Å². The van der Waals surface area contributed by atoms with Crippen LogP contribution in [0, 0.1) is 6.92 Å². The van der Waals surface area contributed by atoms with Gasteiger partial charge in [0.2, 0.25) is 10.0 Å². The number of hydrogen-bond donors (Lipinski definition) is 2. The average Bonchev–Trinajstić information content (AvgIpc) is 3.09. The summed E-state index contributed by atoms with van der Waals surface area (Å²) >= 11 is 1.56. The van der Waals surface area contributed by atoms with E-state index >= 15 is 0 Å². The van der Waals surface area contributed by atoms with Crippen molar-refractivity contribution in [1.82, 2.24) is 10.0 Å². The van der Waals surface area contributed by atoms with Gasteiger partial charge in [0.25, 0.3) is 5.91 Å². The van der Waals surface area contributed by atoms with Crippen LogP contribution in [0.25, 0.3) is 0 Å². The summed E-state index contributed by atoms with van der Waals surface area (Å²) in [5.41, 5.74) is 1.06. The molecule has 1 atom stereocenters. The lowest BCUT2D eigenvalue weighted by molar-refractivity contribution is 0.0939. The number of rotatable bonds is 8. The van der Waals surface area contributed by atoms with Crippen LogP contribution in [-0.2, 0) is 14.8 Å². The van der Waals surface area contributed by atoms with Crippen LogP contribution in [0.2, 0.25) is 0 Å². The van der Waals surface area contributed by atoms with Gasteiger partial charge in [-0.1, -0.05) is 12.1 Å². The van der Waals surface area contributed by atoms with Crippen LogP contribution in [0.1, 0.15) is 33.8 Å². The molecule has 6 nitrogen and oxygen atoms in total. The van der Waals surface area contributed by atoms with Gasteiger partial charge in [-0.05, 0) is 43.0 Å². The molecule has 0 unspecified atom stereocenters. The van der Waals surface area contributed by atoms with Gasteiger partial charge in [-0.25, -0.2) is 13.1 Å². The minimum Gasteiger partial charge on any atom is -0.383 e. The normalized spacial score (nSPS) is 12.8. The minimum atomic E-state index is -3.68. The zero-order valence-corrected chi connectivity index (χ0v) is 16.0. The molecule has 1 amide bonds. The molecule has 2 rings (SSSR count). The van der Waals surface area contributed by atoms with E-state index in [2.05, 4.69) is 10.0 Å². The third kappa shape index (κ3) is 5.12. The number of sulfonamides is 1. The van der Waals surface area contributed by atoms with Crippen molar-refractivity contribution >= 4 is 27.3 Å². The second kappa shape index (κ2) is 8.57. The lowest BCUT2D eigenvalue weighted by Crippen LogP contribution is -2.29. The molecule has 0 aliphatic carbocycles. The van der Waals surface area contributed by atoms with Gasteiger partial charge in [-0.2, -0.15) is 0 Å². The lowest BCUT2D eigenvalue weighted by Gasteiger charge is -2.14. The molecular formula is C17H22N2O4S2. The highest BCUT2D eigenvalue weighted by Gasteiger charge is 2.19. The van der Waals surface area contributed by atoms with Gasteiger partial charge in [-0.3, -0.25) is 4.79 Å². The molecule has 0 radical (unpaired) electrons. The van der Waals surface area contributed by atoms with E-state index in [1.54, 1.807) is 24.3 Å². The standard InChI is InChI=1S/C17H22N2O4S2/c1-12-6-7-14(25(21,22)18-8-9-23-3)11-15(12)17(20)19-13(2)16-5-4-10-24-16/h4-7,10-11,13,18H,8-9H2,1-3H3,(H,19,20)/t13-/m0/s1. The number of ether oxygens (including phenoxy) is 1. The van der Waals surface area contributed by atoms with Crippen molar-refractivity contribution < 1.29 is 17.9 Å². The summed E-state index contributed by atoms with van der Waals surface area (Å²) in [5.74, 6) is -0.299. The van der Waals surface area contributed by atoms with Gasteiger partial charge in [-0.15, -0.1) is 11.3 Å². The van der Waals surface area contributed by atoms with E-state index in [1.807, 2.05) is 24.4 Å². The Morgan fingerprint density at radius 1 is 1.32 bits per heavy atom. The van der Waals surface area contributed by atoms with E-state index in [1.165, 1.54) is 19.2 Å². The van der Waals surface area contributed by atoms with Crippen molar-refractivity contribution in [3.8, 4) is 0 Å². The first-order valence-electron chi connectivity index (χ1n) is 7.78. The van der Waals surface area contributed by atoms with Crippen LogP contribution in [0.5, 0.6) is 0 Å². The Morgan fingerprint density at radius 3 is 2.72 bits per heavy atom. The van der Waals surface area contributed by atoms with Crippen molar-refractivity contribution in [1.29, 1.82) is 0 Å². The van der Waals surface area contributed by atoms with Crippen molar-refractivity contribution in [2.45, 2.75) is 24.8 Å². The second-order valence-corrected chi connectivity index (χ2v) is 8.32. The Kier molecular flexibility index (Phi) is 6.71. The Morgan fingerprint density at radius 2 is 2.08 bits per heavy atom. The molecule has 0 bridgehead atoms. The van der Waals surface area contributed by atoms with Crippen molar-refractivity contribution in [2.75, 3.05) is 20.3 Å². The molecule has 0 aliphatic heterocycles. The molecule has 0 spiro atoms. The number of amides is 1. The summed E-state index contributed by atoms with van der Waals surface area (Å²) in [6.45, 7) is 4.12. The van der Waals surface area contributed by atoms with Crippen LogP contribution in [-0.4, -0.2) is 34.6 Å². The third-order valence-corrected chi connectivity index (χ3v) is 6.19. The van der Waals surface area contributed by atoms with Crippen LogP contribution < -0.4 is 10.0 Å². The predicted octanol–water partition coefficient (Wildman–Crippen LogP) is 2.47. The fraction of sp³-hybridized carbons (Fsp3) is 0.353. The number of thiophene rings is 1. The SMILES string of the molecule is COCCNS(=O)(=O)c1ccc(C)c(C(=O)N[C@@H](C)c2cccs2)c1. The van der Waals surface area contributed by atoms with E-state index in [-0.39, 0.29) is 30.0 Å². The molecular weight excluding hydrogens is 360 g/mol. The van der Waals surface area contributed by atoms with Gasteiger partial charge < -0.3 is 10.1 Å². The quantitative estimate of drug-likeness (QED) is 0.687. The Balaban J connectivity index is 2.19. The van der Waals surface area contributed by atoms with Crippen LogP contribution in [0.15, 0.2) is 40.6 Å². The van der Waals surface area contributed by atoms with Crippen LogP contribution in [0.3, 0.4) is 0 Å². The molecule has 0 saturated heterocycles. The molecule has 2 N–H and O–H groups in total. The summed E-state index contributed by atoms with van der Waals surface area (Å²) in [6.07, 6.45) is 0. The second-order valence-electron chi connectivity index (χ2n) is 5.58. The lowest BCUT2D eigenvalue weighted by atomic mass is 10.1. The minimum absolute atomic E-state index is 0.0585. The highest BCUT2D eigenvalue weighted by Crippen LogP contribution is 2.20. The monoisotopic (exact) mass is 382 g/mol. The van der Waals surface area contributed by atoms with Gasteiger partial charge in [0.15, 0.2) is 0 Å². The maximum Gasteiger partial charge on any atom is 0.252 e. The number of hydrogen-bond acceptors (Lipinski definition) is 5. The molecule has 0 fully saturated rings. The number of carbonyl (C=O) groups is 1. The predicted molar refractivity (Wildman–Crippen MR) is 98.4 cm³/mol. The highest BCUT2D eigenvalue weighted by molar-refractivity contribution is 7.89. The highest BCUT2D eigenvalue weighted by atomic mass is 32.2. The summed E-state index contributed by atoms with van der Waals surface area (Å²) in [4.78, 5) is 13.7. The number of benzene rings is 1. The molecule has 1 aromatic heterocycles. The summed E-state index contributed by atoms with van der Waals surface area (Å²) < 4.78 is 31.9.